The number of thioether (sulfide) groups is 1. The molecule has 1 aromatic heterocycles. The van der Waals surface area contributed by atoms with Crippen molar-refractivity contribution in [3.05, 3.63) is 48.3 Å². The molecular formula is C17H20F3N5O2S2. The molecule has 1 aliphatic heterocycles. The van der Waals surface area contributed by atoms with Gasteiger partial charge < -0.3 is 4.90 Å². The zero-order valence-electron chi connectivity index (χ0n) is 15.4. The van der Waals surface area contributed by atoms with Crippen molar-refractivity contribution in [3.63, 3.8) is 0 Å². The number of halogens is 3. The zero-order chi connectivity index (χ0) is 21.2. The van der Waals surface area contributed by atoms with Gasteiger partial charge in [0.2, 0.25) is 0 Å². The van der Waals surface area contributed by atoms with Crippen molar-refractivity contribution in [1.29, 1.82) is 0 Å². The first-order valence-electron chi connectivity index (χ1n) is 8.58. The van der Waals surface area contributed by atoms with Crippen molar-refractivity contribution in [2.24, 2.45) is 5.14 Å². The molecule has 7 nitrogen and oxygen atoms in total. The number of hydrogen-bond acceptors (Lipinski definition) is 6. The van der Waals surface area contributed by atoms with E-state index >= 15 is 0 Å². The second kappa shape index (κ2) is 8.38. The molecule has 3 N–H and O–H groups in total. The summed E-state index contributed by atoms with van der Waals surface area (Å²) in [6, 6.07) is 8.12. The molecule has 1 aliphatic rings. The number of anilines is 2. The van der Waals surface area contributed by atoms with Crippen molar-refractivity contribution < 1.29 is 21.6 Å². The Morgan fingerprint density at radius 3 is 2.59 bits per heavy atom. The SMILES string of the molecule is CC1CN(c2ccc(SC(F)(F)F)cc2)CN1Cc1ccncc1NS(N)(=O)=O. The fourth-order valence-electron chi connectivity index (χ4n) is 3.13. The van der Waals surface area contributed by atoms with E-state index in [2.05, 4.69) is 19.5 Å². The average molecular weight is 448 g/mol. The molecule has 29 heavy (non-hydrogen) atoms. The summed E-state index contributed by atoms with van der Waals surface area (Å²) in [5, 5.41) is 5.06. The van der Waals surface area contributed by atoms with E-state index in [4.69, 9.17) is 5.14 Å². The molecule has 1 unspecified atom stereocenters. The maximum absolute atomic E-state index is 12.5. The fourth-order valence-corrected chi connectivity index (χ4v) is 4.16. The standard InChI is InChI=1S/C17H20F3N5O2S2/c1-12-9-25(14-2-4-15(5-3-14)28-17(18,19)20)11-24(12)10-13-6-7-22-8-16(13)23-29(21,26)27/h2-8,12,23H,9-11H2,1H3,(H2,21,26,27). The number of aromatic nitrogens is 1. The normalized spacial score (nSPS) is 18.2. The summed E-state index contributed by atoms with van der Waals surface area (Å²) >= 11 is -0.140. The Balaban J connectivity index is 1.69. The second-order valence-electron chi connectivity index (χ2n) is 6.68. The van der Waals surface area contributed by atoms with Crippen molar-refractivity contribution in [3.8, 4) is 0 Å². The molecule has 158 valence electrons. The van der Waals surface area contributed by atoms with E-state index < -0.39 is 15.7 Å². The first-order chi connectivity index (χ1) is 13.5. The Bertz CT molecular complexity index is 954. The lowest BCUT2D eigenvalue weighted by Crippen LogP contribution is -2.29. The summed E-state index contributed by atoms with van der Waals surface area (Å²) in [7, 11) is -3.92. The molecule has 3 rings (SSSR count). The topological polar surface area (TPSA) is 91.6 Å². The molecule has 0 radical (unpaired) electrons. The molecule has 2 aromatic rings. The van der Waals surface area contributed by atoms with Crippen LogP contribution < -0.4 is 14.8 Å². The molecule has 1 fully saturated rings. The molecule has 0 bridgehead atoms. The smallest absolute Gasteiger partial charge is 0.357 e. The fraction of sp³-hybridized carbons (Fsp3) is 0.353. The highest BCUT2D eigenvalue weighted by molar-refractivity contribution is 8.00. The van der Waals surface area contributed by atoms with E-state index in [0.717, 1.165) is 11.3 Å². The Morgan fingerprint density at radius 2 is 1.97 bits per heavy atom. The lowest BCUT2D eigenvalue weighted by molar-refractivity contribution is -0.0328. The van der Waals surface area contributed by atoms with E-state index in [1.54, 1.807) is 24.4 Å². The maximum atomic E-state index is 12.5. The van der Waals surface area contributed by atoms with Gasteiger partial charge in [0.1, 0.15) is 0 Å². The lowest BCUT2D eigenvalue weighted by Gasteiger charge is -2.22. The van der Waals surface area contributed by atoms with Crippen LogP contribution in [0, 0.1) is 0 Å². The van der Waals surface area contributed by atoms with Gasteiger partial charge in [-0.3, -0.25) is 14.6 Å². The van der Waals surface area contributed by atoms with Gasteiger partial charge in [-0.25, -0.2) is 5.14 Å². The van der Waals surface area contributed by atoms with Gasteiger partial charge in [0.15, 0.2) is 0 Å². The van der Waals surface area contributed by atoms with Crippen LogP contribution in [0.5, 0.6) is 0 Å². The molecule has 1 saturated heterocycles. The van der Waals surface area contributed by atoms with Crippen LogP contribution in [0.4, 0.5) is 24.5 Å². The molecule has 1 aromatic carbocycles. The van der Waals surface area contributed by atoms with E-state index in [-0.39, 0.29) is 22.7 Å². The average Bonchev–Trinajstić information content (AvgIpc) is 2.95. The van der Waals surface area contributed by atoms with Gasteiger partial charge in [-0.1, -0.05) is 0 Å². The van der Waals surface area contributed by atoms with Gasteiger partial charge in [0.05, 0.1) is 18.6 Å². The zero-order valence-corrected chi connectivity index (χ0v) is 17.1. The van der Waals surface area contributed by atoms with E-state index in [0.29, 0.717) is 25.4 Å². The highest BCUT2D eigenvalue weighted by Crippen LogP contribution is 2.37. The molecular weight excluding hydrogens is 427 g/mol. The van der Waals surface area contributed by atoms with Gasteiger partial charge in [-0.05, 0) is 54.6 Å². The summed E-state index contributed by atoms with van der Waals surface area (Å²) in [6.45, 7) is 3.72. The number of nitrogens with two attached hydrogens (primary N) is 1. The summed E-state index contributed by atoms with van der Waals surface area (Å²) in [5.74, 6) is 0. The minimum absolute atomic E-state index is 0.140. The molecule has 0 saturated carbocycles. The Hall–Kier alpha value is -2.02. The highest BCUT2D eigenvalue weighted by atomic mass is 32.2. The van der Waals surface area contributed by atoms with Gasteiger partial charge in [0, 0.05) is 35.9 Å². The Morgan fingerprint density at radius 1 is 1.28 bits per heavy atom. The van der Waals surface area contributed by atoms with Gasteiger partial charge in [0.25, 0.3) is 10.2 Å². The monoisotopic (exact) mass is 447 g/mol. The maximum Gasteiger partial charge on any atom is 0.446 e. The van der Waals surface area contributed by atoms with E-state index in [1.807, 2.05) is 6.92 Å². The Kier molecular flexibility index (Phi) is 6.27. The van der Waals surface area contributed by atoms with Crippen LogP contribution in [0.3, 0.4) is 0 Å². The minimum atomic E-state index is -4.31. The van der Waals surface area contributed by atoms with Gasteiger partial charge >= 0.3 is 5.51 Å². The number of alkyl halides is 3. The number of hydrogen-bond donors (Lipinski definition) is 2. The Labute approximate surface area is 171 Å². The second-order valence-corrected chi connectivity index (χ2v) is 9.11. The van der Waals surface area contributed by atoms with E-state index in [9.17, 15) is 21.6 Å². The summed E-state index contributed by atoms with van der Waals surface area (Å²) in [4.78, 5) is 8.25. The van der Waals surface area contributed by atoms with Crippen molar-refractivity contribution in [2.45, 2.75) is 29.9 Å². The predicted octanol–water partition coefficient (Wildman–Crippen LogP) is 2.98. The van der Waals surface area contributed by atoms with Crippen LogP contribution in [-0.4, -0.2) is 43.1 Å². The number of nitrogens with one attached hydrogen (secondary N) is 1. The number of rotatable bonds is 6. The highest BCUT2D eigenvalue weighted by Gasteiger charge is 2.30. The van der Waals surface area contributed by atoms with Crippen molar-refractivity contribution in [1.82, 2.24) is 9.88 Å². The minimum Gasteiger partial charge on any atom is -0.357 e. The summed E-state index contributed by atoms with van der Waals surface area (Å²) in [5.41, 5.74) is -2.45. The first kappa shape index (κ1) is 21.7. The largest absolute Gasteiger partial charge is 0.446 e. The van der Waals surface area contributed by atoms with E-state index in [1.165, 1.54) is 18.3 Å². The quantitative estimate of drug-likeness (QED) is 0.662. The van der Waals surface area contributed by atoms with Crippen molar-refractivity contribution in [2.75, 3.05) is 22.8 Å². The molecule has 1 atom stereocenters. The predicted molar refractivity (Wildman–Crippen MR) is 107 cm³/mol. The van der Waals surface area contributed by atoms with Crippen molar-refractivity contribution >= 4 is 33.3 Å². The first-order valence-corrected chi connectivity index (χ1v) is 10.9. The summed E-state index contributed by atoms with van der Waals surface area (Å²) in [6.07, 6.45) is 2.97. The van der Waals surface area contributed by atoms with Crippen LogP contribution in [0.1, 0.15) is 12.5 Å². The third kappa shape index (κ3) is 6.23. The van der Waals surface area contributed by atoms with Crippen LogP contribution in [0.25, 0.3) is 0 Å². The molecule has 12 heteroatoms. The third-order valence-electron chi connectivity index (χ3n) is 4.43. The van der Waals surface area contributed by atoms with Crippen LogP contribution in [0.2, 0.25) is 0 Å². The molecule has 2 heterocycles. The van der Waals surface area contributed by atoms with Gasteiger partial charge in [-0.15, -0.1) is 0 Å². The van der Waals surface area contributed by atoms with Crippen LogP contribution in [0.15, 0.2) is 47.6 Å². The number of nitrogens with zero attached hydrogens (tertiary/aromatic N) is 3. The lowest BCUT2D eigenvalue weighted by atomic mass is 10.2. The molecule has 0 aliphatic carbocycles. The molecule has 0 amide bonds. The van der Waals surface area contributed by atoms with Crippen LogP contribution >= 0.6 is 11.8 Å². The van der Waals surface area contributed by atoms with Crippen LogP contribution in [-0.2, 0) is 16.8 Å². The number of benzene rings is 1. The summed E-state index contributed by atoms with van der Waals surface area (Å²) < 4.78 is 62.4. The van der Waals surface area contributed by atoms with Gasteiger partial charge in [-0.2, -0.15) is 21.6 Å². The number of pyridine rings is 1. The molecule has 0 spiro atoms. The third-order valence-corrected chi connectivity index (χ3v) is 5.68.